The van der Waals surface area contributed by atoms with Crippen LogP contribution in [0.25, 0.3) is 0 Å². The highest BCUT2D eigenvalue weighted by Gasteiger charge is 2.44. The first-order valence-corrected chi connectivity index (χ1v) is 5.45. The monoisotopic (exact) mass is 181 g/mol. The van der Waals surface area contributed by atoms with E-state index in [-0.39, 0.29) is 5.54 Å². The van der Waals surface area contributed by atoms with Gasteiger partial charge in [-0.2, -0.15) is 0 Å². The molecule has 2 rings (SSSR count). The largest absolute Gasteiger partial charge is 0.337 e. The van der Waals surface area contributed by atoms with Crippen molar-refractivity contribution in [3.8, 4) is 0 Å². The Labute approximate surface area is 80.3 Å². The molecule has 2 aliphatic rings. The van der Waals surface area contributed by atoms with Gasteiger partial charge in [0.2, 0.25) is 5.91 Å². The van der Waals surface area contributed by atoms with Crippen molar-refractivity contribution in [1.29, 1.82) is 0 Å². The van der Waals surface area contributed by atoms with Crippen molar-refractivity contribution in [2.75, 3.05) is 6.54 Å². The molecule has 0 N–H and O–H groups in total. The number of hydrogen-bond acceptors (Lipinski definition) is 1. The molecular formula is C11H19NO. The molecule has 0 spiro atoms. The molecule has 1 aliphatic carbocycles. The van der Waals surface area contributed by atoms with E-state index in [0.29, 0.717) is 11.8 Å². The summed E-state index contributed by atoms with van der Waals surface area (Å²) in [7, 11) is 0. The summed E-state index contributed by atoms with van der Waals surface area (Å²) in [6.45, 7) is 5.56. The number of carbonyl (C=O) groups excluding carboxylic acids is 1. The average molecular weight is 181 g/mol. The Morgan fingerprint density at radius 3 is 2.69 bits per heavy atom. The molecule has 2 fully saturated rings. The summed E-state index contributed by atoms with van der Waals surface area (Å²) in [6.07, 6.45) is 5.64. The van der Waals surface area contributed by atoms with Crippen molar-refractivity contribution in [2.45, 2.75) is 51.5 Å². The second kappa shape index (κ2) is 3.00. The van der Waals surface area contributed by atoms with Crippen LogP contribution < -0.4 is 0 Å². The Kier molecular flexibility index (Phi) is 2.09. The molecule has 1 aliphatic heterocycles. The van der Waals surface area contributed by atoms with Gasteiger partial charge in [0.15, 0.2) is 0 Å². The summed E-state index contributed by atoms with van der Waals surface area (Å²) in [4.78, 5) is 13.8. The third-order valence-electron chi connectivity index (χ3n) is 4.07. The van der Waals surface area contributed by atoms with Crippen LogP contribution in [0.5, 0.6) is 0 Å². The average Bonchev–Trinajstić information content (AvgIpc) is 2.62. The smallest absolute Gasteiger partial charge is 0.223 e. The van der Waals surface area contributed by atoms with E-state index in [4.69, 9.17) is 0 Å². The van der Waals surface area contributed by atoms with E-state index < -0.39 is 0 Å². The van der Waals surface area contributed by atoms with Crippen LogP contribution in [0.3, 0.4) is 0 Å². The number of hydrogen-bond donors (Lipinski definition) is 0. The SMILES string of the molecule is CC1CCCC1(C)N1CCCC1=O. The molecule has 74 valence electrons. The van der Waals surface area contributed by atoms with Gasteiger partial charge in [-0.1, -0.05) is 13.3 Å². The quantitative estimate of drug-likeness (QED) is 0.607. The lowest BCUT2D eigenvalue weighted by molar-refractivity contribution is -0.133. The maximum atomic E-state index is 11.6. The van der Waals surface area contributed by atoms with Gasteiger partial charge in [0, 0.05) is 18.5 Å². The lowest BCUT2D eigenvalue weighted by Gasteiger charge is -2.39. The van der Waals surface area contributed by atoms with Crippen LogP contribution in [0.15, 0.2) is 0 Å². The van der Waals surface area contributed by atoms with Gasteiger partial charge in [0.05, 0.1) is 0 Å². The Balaban J connectivity index is 2.17. The van der Waals surface area contributed by atoms with E-state index in [9.17, 15) is 4.79 Å². The van der Waals surface area contributed by atoms with E-state index in [0.717, 1.165) is 19.4 Å². The summed E-state index contributed by atoms with van der Waals surface area (Å²) in [6, 6.07) is 0. The van der Waals surface area contributed by atoms with Crippen LogP contribution in [0.4, 0.5) is 0 Å². The Morgan fingerprint density at radius 1 is 1.46 bits per heavy atom. The van der Waals surface area contributed by atoms with Gasteiger partial charge in [-0.25, -0.2) is 0 Å². The molecule has 0 aromatic carbocycles. The molecule has 1 saturated heterocycles. The molecule has 2 nitrogen and oxygen atoms in total. The maximum Gasteiger partial charge on any atom is 0.223 e. The number of nitrogens with zero attached hydrogens (tertiary/aromatic N) is 1. The second-order valence-electron chi connectivity index (χ2n) is 4.80. The van der Waals surface area contributed by atoms with Crippen molar-refractivity contribution in [3.63, 3.8) is 0 Å². The van der Waals surface area contributed by atoms with Gasteiger partial charge in [-0.05, 0) is 32.1 Å². The van der Waals surface area contributed by atoms with Crippen molar-refractivity contribution in [3.05, 3.63) is 0 Å². The molecule has 0 bridgehead atoms. The summed E-state index contributed by atoms with van der Waals surface area (Å²) < 4.78 is 0. The summed E-state index contributed by atoms with van der Waals surface area (Å²) in [5, 5.41) is 0. The zero-order chi connectivity index (χ0) is 9.47. The summed E-state index contributed by atoms with van der Waals surface area (Å²) >= 11 is 0. The molecule has 1 amide bonds. The molecule has 2 heteroatoms. The third-order valence-corrected chi connectivity index (χ3v) is 4.07. The zero-order valence-corrected chi connectivity index (χ0v) is 8.68. The third kappa shape index (κ3) is 1.27. The number of likely N-dealkylation sites (tertiary alicyclic amines) is 1. The molecule has 2 atom stereocenters. The lowest BCUT2D eigenvalue weighted by atomic mass is 9.89. The molecule has 1 saturated carbocycles. The fourth-order valence-electron chi connectivity index (χ4n) is 2.91. The van der Waals surface area contributed by atoms with Crippen LogP contribution in [0.1, 0.15) is 46.0 Å². The fraction of sp³-hybridized carbons (Fsp3) is 0.909. The molecule has 0 radical (unpaired) electrons. The minimum atomic E-state index is 0.188. The van der Waals surface area contributed by atoms with E-state index in [2.05, 4.69) is 18.7 Å². The van der Waals surface area contributed by atoms with Crippen molar-refractivity contribution in [1.82, 2.24) is 4.90 Å². The number of amides is 1. The van der Waals surface area contributed by atoms with Crippen molar-refractivity contribution >= 4 is 5.91 Å². The fourth-order valence-corrected chi connectivity index (χ4v) is 2.91. The summed E-state index contributed by atoms with van der Waals surface area (Å²) in [5.74, 6) is 1.07. The van der Waals surface area contributed by atoms with Crippen LogP contribution >= 0.6 is 0 Å². The molecule has 1 heterocycles. The van der Waals surface area contributed by atoms with E-state index in [1.165, 1.54) is 19.3 Å². The number of carbonyl (C=O) groups is 1. The minimum absolute atomic E-state index is 0.188. The first-order chi connectivity index (χ1) is 6.14. The lowest BCUT2D eigenvalue weighted by Crippen LogP contribution is -2.48. The minimum Gasteiger partial charge on any atom is -0.337 e. The summed E-state index contributed by atoms with van der Waals surface area (Å²) in [5.41, 5.74) is 0.188. The Hall–Kier alpha value is -0.530. The Bertz CT molecular complexity index is 226. The highest BCUT2D eigenvalue weighted by atomic mass is 16.2. The number of rotatable bonds is 1. The highest BCUT2D eigenvalue weighted by Crippen LogP contribution is 2.41. The van der Waals surface area contributed by atoms with Gasteiger partial charge in [-0.15, -0.1) is 0 Å². The maximum absolute atomic E-state index is 11.6. The van der Waals surface area contributed by atoms with Crippen molar-refractivity contribution in [2.24, 2.45) is 5.92 Å². The molecule has 0 aromatic heterocycles. The molecule has 0 aromatic rings. The van der Waals surface area contributed by atoms with Crippen molar-refractivity contribution < 1.29 is 4.79 Å². The molecular weight excluding hydrogens is 162 g/mol. The predicted molar refractivity (Wildman–Crippen MR) is 52.4 cm³/mol. The zero-order valence-electron chi connectivity index (χ0n) is 8.68. The predicted octanol–water partition coefficient (Wildman–Crippen LogP) is 2.19. The van der Waals surface area contributed by atoms with Gasteiger partial charge >= 0.3 is 0 Å². The molecule has 2 unspecified atom stereocenters. The normalized spacial score (nSPS) is 40.3. The van der Waals surface area contributed by atoms with E-state index in [1.807, 2.05) is 0 Å². The second-order valence-corrected chi connectivity index (χ2v) is 4.80. The van der Waals surface area contributed by atoms with Gasteiger partial charge in [0.1, 0.15) is 0 Å². The van der Waals surface area contributed by atoms with Crippen LogP contribution in [0.2, 0.25) is 0 Å². The standard InChI is InChI=1S/C11H19NO/c1-9-5-3-7-11(9,2)12-8-4-6-10(12)13/h9H,3-8H2,1-2H3. The van der Waals surface area contributed by atoms with E-state index in [1.54, 1.807) is 0 Å². The van der Waals surface area contributed by atoms with Crippen LogP contribution in [-0.4, -0.2) is 22.9 Å². The van der Waals surface area contributed by atoms with Gasteiger partial charge < -0.3 is 4.90 Å². The van der Waals surface area contributed by atoms with Crippen LogP contribution in [-0.2, 0) is 4.79 Å². The molecule has 13 heavy (non-hydrogen) atoms. The van der Waals surface area contributed by atoms with Gasteiger partial charge in [0.25, 0.3) is 0 Å². The topological polar surface area (TPSA) is 20.3 Å². The first kappa shape index (κ1) is 9.04. The van der Waals surface area contributed by atoms with Gasteiger partial charge in [-0.3, -0.25) is 4.79 Å². The first-order valence-electron chi connectivity index (χ1n) is 5.45. The highest BCUT2D eigenvalue weighted by molar-refractivity contribution is 5.79. The Morgan fingerprint density at radius 2 is 2.23 bits per heavy atom. The van der Waals surface area contributed by atoms with E-state index >= 15 is 0 Å². The van der Waals surface area contributed by atoms with Crippen LogP contribution in [0, 0.1) is 5.92 Å².